The Bertz CT molecular complexity index is 1150. The average molecular weight is 480 g/mol. The van der Waals surface area contributed by atoms with Crippen LogP contribution >= 0.6 is 11.6 Å². The first-order valence-electron chi connectivity index (χ1n) is 10.6. The number of halogens is 1. The number of benzene rings is 2. The number of nitrogens with zero attached hydrogens (tertiary/aromatic N) is 2. The van der Waals surface area contributed by atoms with Gasteiger partial charge in [0.1, 0.15) is 12.1 Å². The molecule has 0 aliphatic carbocycles. The molecule has 0 bridgehead atoms. The second kappa shape index (κ2) is 8.97. The molecule has 2 N–H and O–H groups in total. The van der Waals surface area contributed by atoms with Gasteiger partial charge in [0.05, 0.1) is 11.0 Å². The van der Waals surface area contributed by atoms with Gasteiger partial charge in [0.15, 0.2) is 0 Å². The van der Waals surface area contributed by atoms with Gasteiger partial charge >= 0.3 is 0 Å². The summed E-state index contributed by atoms with van der Waals surface area (Å²) in [5.41, 5.74) is 0. The fourth-order valence-electron chi connectivity index (χ4n) is 4.30. The smallest absolute Gasteiger partial charge is 0.245 e. The Labute approximate surface area is 192 Å². The molecule has 0 radical (unpaired) electrons. The molecule has 1 unspecified atom stereocenters. The highest BCUT2D eigenvalue weighted by atomic mass is 35.5. The molecule has 0 aromatic heterocycles. The molecule has 2 fully saturated rings. The molecule has 2 heterocycles. The zero-order chi connectivity index (χ0) is 23.0. The van der Waals surface area contributed by atoms with Crippen LogP contribution in [0.15, 0.2) is 41.3 Å². The number of hydrogen-bond acceptors (Lipinski definition) is 5. The molecule has 2 amide bonds. The van der Waals surface area contributed by atoms with Gasteiger partial charge in [-0.25, -0.2) is 8.42 Å². The molecule has 4 rings (SSSR count). The highest BCUT2D eigenvalue weighted by Gasteiger charge is 2.40. The molecule has 8 nitrogen and oxygen atoms in total. The number of amides is 2. The third-order valence-corrected chi connectivity index (χ3v) is 7.93. The van der Waals surface area contributed by atoms with Crippen molar-refractivity contribution in [1.29, 1.82) is 0 Å². The average Bonchev–Trinajstić information content (AvgIpc) is 3.12. The summed E-state index contributed by atoms with van der Waals surface area (Å²) in [5, 5.41) is 11.7. The van der Waals surface area contributed by atoms with Crippen LogP contribution in [0.5, 0.6) is 0 Å². The van der Waals surface area contributed by atoms with Crippen LogP contribution in [-0.2, 0) is 19.6 Å². The van der Waals surface area contributed by atoms with Crippen LogP contribution in [0.2, 0.25) is 5.02 Å². The molecule has 32 heavy (non-hydrogen) atoms. The Morgan fingerprint density at radius 1 is 1.09 bits per heavy atom. The van der Waals surface area contributed by atoms with Crippen molar-refractivity contribution in [2.75, 3.05) is 19.6 Å². The monoisotopic (exact) mass is 479 g/mol. The van der Waals surface area contributed by atoms with Crippen LogP contribution in [0, 0.1) is 0 Å². The number of hydrogen-bond donors (Lipinski definition) is 2. The summed E-state index contributed by atoms with van der Waals surface area (Å²) in [7, 11) is -3.93. The van der Waals surface area contributed by atoms with Crippen molar-refractivity contribution in [1.82, 2.24) is 14.5 Å². The van der Waals surface area contributed by atoms with E-state index in [1.54, 1.807) is 42.2 Å². The lowest BCUT2D eigenvalue weighted by atomic mass is 10.1. The lowest BCUT2D eigenvalue weighted by Crippen LogP contribution is -2.52. The Kier molecular flexibility index (Phi) is 6.44. The second-order valence-electron chi connectivity index (χ2n) is 8.38. The van der Waals surface area contributed by atoms with E-state index in [1.165, 1.54) is 11.0 Å². The van der Waals surface area contributed by atoms with Crippen molar-refractivity contribution >= 4 is 44.2 Å². The minimum atomic E-state index is -3.93. The number of piperidine rings is 1. The van der Waals surface area contributed by atoms with Crippen molar-refractivity contribution in [3.05, 3.63) is 41.4 Å². The van der Waals surface area contributed by atoms with Crippen LogP contribution in [0.25, 0.3) is 10.8 Å². The quantitative estimate of drug-likeness (QED) is 0.679. The summed E-state index contributed by atoms with van der Waals surface area (Å²) < 4.78 is 28.4. The molecule has 2 saturated heterocycles. The normalized spacial score (nSPS) is 21.3. The number of aliphatic hydroxyl groups is 1. The van der Waals surface area contributed by atoms with Gasteiger partial charge in [-0.05, 0) is 61.2 Å². The molecule has 172 valence electrons. The first-order valence-corrected chi connectivity index (χ1v) is 12.5. The molecule has 2 aliphatic heterocycles. The second-order valence-corrected chi connectivity index (χ2v) is 10.5. The third kappa shape index (κ3) is 4.61. The molecule has 2 aromatic carbocycles. The maximum Gasteiger partial charge on any atom is 0.245 e. The largest absolute Gasteiger partial charge is 0.393 e. The van der Waals surface area contributed by atoms with Gasteiger partial charge in [-0.15, -0.1) is 0 Å². The minimum Gasteiger partial charge on any atom is -0.393 e. The summed E-state index contributed by atoms with van der Waals surface area (Å²) in [6.45, 7) is 2.87. The summed E-state index contributed by atoms with van der Waals surface area (Å²) in [6, 6.07) is 8.28. The van der Waals surface area contributed by atoms with Gasteiger partial charge in [0, 0.05) is 24.7 Å². The minimum absolute atomic E-state index is 0.0644. The molecule has 2 atom stereocenters. The number of aliphatic hydroxyl groups excluding tert-OH is 1. The molecule has 10 heteroatoms. The fourth-order valence-corrected chi connectivity index (χ4v) is 5.74. The Hall–Kier alpha value is -2.20. The number of likely N-dealkylation sites (tertiary alicyclic amines) is 2. The highest BCUT2D eigenvalue weighted by Crippen LogP contribution is 2.24. The Balaban J connectivity index is 1.44. The van der Waals surface area contributed by atoms with Gasteiger partial charge in [-0.2, -0.15) is 4.72 Å². The number of carbonyl (C=O) groups is 2. The highest BCUT2D eigenvalue weighted by molar-refractivity contribution is 7.89. The van der Waals surface area contributed by atoms with Crippen molar-refractivity contribution in [3.63, 3.8) is 0 Å². The maximum atomic E-state index is 12.9. The van der Waals surface area contributed by atoms with E-state index in [0.717, 1.165) is 10.8 Å². The van der Waals surface area contributed by atoms with E-state index in [1.807, 2.05) is 0 Å². The number of carbonyl (C=O) groups excluding carboxylic acids is 2. The molecule has 0 spiro atoms. The lowest BCUT2D eigenvalue weighted by Gasteiger charge is -2.34. The fraction of sp³-hybridized carbons (Fsp3) is 0.455. The van der Waals surface area contributed by atoms with Gasteiger partial charge in [0.2, 0.25) is 21.8 Å². The van der Waals surface area contributed by atoms with E-state index in [9.17, 15) is 23.1 Å². The molecule has 2 aromatic rings. The van der Waals surface area contributed by atoms with E-state index in [4.69, 9.17) is 11.6 Å². The first kappa shape index (κ1) is 23.0. The number of rotatable bonds is 5. The Morgan fingerprint density at radius 3 is 2.47 bits per heavy atom. The molecule has 0 saturated carbocycles. The van der Waals surface area contributed by atoms with Crippen molar-refractivity contribution < 1.29 is 23.1 Å². The summed E-state index contributed by atoms with van der Waals surface area (Å²) in [6.07, 6.45) is 0.936. The predicted molar refractivity (Wildman–Crippen MR) is 121 cm³/mol. The van der Waals surface area contributed by atoms with E-state index in [0.29, 0.717) is 37.5 Å². The van der Waals surface area contributed by atoms with Crippen molar-refractivity contribution in [3.8, 4) is 0 Å². The van der Waals surface area contributed by atoms with Crippen LogP contribution in [0.4, 0.5) is 0 Å². The lowest BCUT2D eigenvalue weighted by molar-refractivity contribution is -0.144. The van der Waals surface area contributed by atoms with Crippen LogP contribution in [0.3, 0.4) is 0 Å². The topological polar surface area (TPSA) is 107 Å². The number of fused-ring (bicyclic) bond motifs is 1. The Morgan fingerprint density at radius 2 is 1.75 bits per heavy atom. The SMILES string of the molecule is C[C@@H](C(=O)N1CCC(O)CC1)N1CCC(NS(=O)(=O)c2ccc3cc(Cl)ccc3c2)C1=O. The van der Waals surface area contributed by atoms with Crippen LogP contribution in [0.1, 0.15) is 26.2 Å². The first-order chi connectivity index (χ1) is 15.2. The van der Waals surface area contributed by atoms with Gasteiger partial charge in [0.25, 0.3) is 0 Å². The zero-order valence-electron chi connectivity index (χ0n) is 17.7. The molecular formula is C22H26ClN3O5S. The maximum absolute atomic E-state index is 12.9. The van der Waals surface area contributed by atoms with E-state index >= 15 is 0 Å². The van der Waals surface area contributed by atoms with Gasteiger partial charge in [-0.1, -0.05) is 23.7 Å². The van der Waals surface area contributed by atoms with E-state index in [2.05, 4.69) is 4.72 Å². The standard InChI is InChI=1S/C22H26ClN3O5S/c1-14(21(28)25-9-6-18(27)7-10-25)26-11-8-20(22(26)29)24-32(30,31)19-5-3-15-12-17(23)4-2-16(15)13-19/h2-5,12-14,18,20,24,27H,6-11H2,1H3/t14-,20?/m0/s1. The number of sulfonamides is 1. The van der Waals surface area contributed by atoms with Gasteiger partial charge in [-0.3, -0.25) is 9.59 Å². The number of nitrogens with one attached hydrogen (secondary N) is 1. The van der Waals surface area contributed by atoms with E-state index < -0.39 is 34.1 Å². The summed E-state index contributed by atoms with van der Waals surface area (Å²) in [5.74, 6) is -0.582. The van der Waals surface area contributed by atoms with Crippen LogP contribution in [-0.4, -0.2) is 73.0 Å². The van der Waals surface area contributed by atoms with Crippen LogP contribution < -0.4 is 4.72 Å². The molecule has 2 aliphatic rings. The van der Waals surface area contributed by atoms with E-state index in [-0.39, 0.29) is 17.2 Å². The summed E-state index contributed by atoms with van der Waals surface area (Å²) >= 11 is 5.98. The molecular weight excluding hydrogens is 454 g/mol. The zero-order valence-corrected chi connectivity index (χ0v) is 19.3. The van der Waals surface area contributed by atoms with Crippen molar-refractivity contribution in [2.45, 2.75) is 49.3 Å². The third-order valence-electron chi connectivity index (χ3n) is 6.22. The summed E-state index contributed by atoms with van der Waals surface area (Å²) in [4.78, 5) is 28.9. The van der Waals surface area contributed by atoms with Crippen molar-refractivity contribution in [2.24, 2.45) is 0 Å². The predicted octanol–water partition coefficient (Wildman–Crippen LogP) is 1.74. The van der Waals surface area contributed by atoms with Gasteiger partial charge < -0.3 is 14.9 Å².